The van der Waals surface area contributed by atoms with E-state index in [0.29, 0.717) is 28.8 Å². The Balaban J connectivity index is 1.81. The molecule has 156 valence electrons. The maximum absolute atomic E-state index is 12.9. The Hall–Kier alpha value is -2.70. The number of esters is 1. The minimum atomic E-state index is -0.861. The first kappa shape index (κ1) is 21.0. The summed E-state index contributed by atoms with van der Waals surface area (Å²) in [6, 6.07) is 5.21. The Morgan fingerprint density at radius 3 is 2.52 bits per heavy atom. The molecular weight excluding hydrogens is 370 g/mol. The van der Waals surface area contributed by atoms with Gasteiger partial charge in [-0.3, -0.25) is 9.59 Å². The van der Waals surface area contributed by atoms with Crippen LogP contribution in [0.5, 0.6) is 0 Å². The van der Waals surface area contributed by atoms with Gasteiger partial charge < -0.3 is 14.2 Å². The summed E-state index contributed by atoms with van der Waals surface area (Å²) in [4.78, 5) is 43.9. The average molecular weight is 399 g/mol. The van der Waals surface area contributed by atoms with Gasteiger partial charge >= 0.3 is 5.97 Å². The first-order valence-electron chi connectivity index (χ1n) is 10.3. The molecule has 1 aliphatic heterocycles. The summed E-state index contributed by atoms with van der Waals surface area (Å²) >= 11 is 0. The standard InChI is InChI=1S/C22H29N3O4/c1-6-24-19-11-10-17(12-18(19)23-15(4)20(24)26)22(28)29-16(5)21(27)25-13(2)8-7-9-14(25)3/h10-14,16H,6-9H2,1-5H3/t13-,14+,16-/m0/s1. The quantitative estimate of drug-likeness (QED) is 0.738. The topological polar surface area (TPSA) is 81.5 Å². The van der Waals surface area contributed by atoms with E-state index in [1.807, 2.05) is 25.7 Å². The molecule has 0 bridgehead atoms. The van der Waals surface area contributed by atoms with Gasteiger partial charge in [0.25, 0.3) is 11.5 Å². The average Bonchev–Trinajstić information content (AvgIpc) is 2.68. The van der Waals surface area contributed by atoms with E-state index in [9.17, 15) is 14.4 Å². The van der Waals surface area contributed by atoms with Crippen molar-refractivity contribution in [2.75, 3.05) is 0 Å². The molecule has 0 radical (unpaired) electrons. The molecule has 3 rings (SSSR count). The predicted molar refractivity (Wildman–Crippen MR) is 111 cm³/mol. The first-order valence-corrected chi connectivity index (χ1v) is 10.3. The summed E-state index contributed by atoms with van der Waals surface area (Å²) in [5.74, 6) is -0.730. The van der Waals surface area contributed by atoms with Gasteiger partial charge in [-0.05, 0) is 72.1 Å². The van der Waals surface area contributed by atoms with Crippen LogP contribution in [0.1, 0.15) is 63.0 Å². The van der Waals surface area contributed by atoms with Crippen molar-refractivity contribution in [3.63, 3.8) is 0 Å². The van der Waals surface area contributed by atoms with Crippen molar-refractivity contribution in [2.24, 2.45) is 0 Å². The number of hydrogen-bond donors (Lipinski definition) is 0. The van der Waals surface area contributed by atoms with Crippen LogP contribution in [0.4, 0.5) is 0 Å². The van der Waals surface area contributed by atoms with Crippen molar-refractivity contribution in [2.45, 2.75) is 78.6 Å². The fraction of sp³-hybridized carbons (Fsp3) is 0.545. The number of amides is 1. The minimum absolute atomic E-state index is 0.140. The van der Waals surface area contributed by atoms with Gasteiger partial charge in [-0.1, -0.05) is 0 Å². The third-order valence-electron chi connectivity index (χ3n) is 5.74. The van der Waals surface area contributed by atoms with Crippen molar-refractivity contribution in [1.82, 2.24) is 14.5 Å². The van der Waals surface area contributed by atoms with E-state index < -0.39 is 12.1 Å². The Labute approximate surface area is 170 Å². The number of rotatable bonds is 4. The number of hydrogen-bond acceptors (Lipinski definition) is 5. The summed E-state index contributed by atoms with van der Waals surface area (Å²) in [5, 5.41) is 0. The number of carbonyl (C=O) groups is 2. The zero-order valence-electron chi connectivity index (χ0n) is 17.8. The SMILES string of the molecule is CCn1c(=O)c(C)nc2cc(C(=O)O[C@@H](C)C(=O)N3[C@H](C)CCC[C@@H]3C)ccc21. The van der Waals surface area contributed by atoms with E-state index >= 15 is 0 Å². The number of ether oxygens (including phenoxy) is 1. The van der Waals surface area contributed by atoms with Crippen LogP contribution in [0.25, 0.3) is 11.0 Å². The second-order valence-corrected chi connectivity index (χ2v) is 7.87. The normalized spacial score (nSPS) is 20.5. The van der Waals surface area contributed by atoms with E-state index in [4.69, 9.17) is 4.74 Å². The molecule has 0 unspecified atom stereocenters. The molecule has 2 heterocycles. The van der Waals surface area contributed by atoms with Crippen molar-refractivity contribution in [3.05, 3.63) is 39.8 Å². The van der Waals surface area contributed by atoms with Crippen molar-refractivity contribution >= 4 is 22.9 Å². The van der Waals surface area contributed by atoms with E-state index in [2.05, 4.69) is 4.98 Å². The maximum atomic E-state index is 12.9. The molecule has 2 aromatic rings. The van der Waals surface area contributed by atoms with Crippen LogP contribution in [0, 0.1) is 6.92 Å². The first-order chi connectivity index (χ1) is 13.7. The van der Waals surface area contributed by atoms with Crippen LogP contribution in [-0.2, 0) is 16.1 Å². The van der Waals surface area contributed by atoms with Gasteiger partial charge in [0, 0.05) is 18.6 Å². The monoisotopic (exact) mass is 399 g/mol. The number of fused-ring (bicyclic) bond motifs is 1. The zero-order chi connectivity index (χ0) is 21.3. The van der Waals surface area contributed by atoms with Gasteiger partial charge in [0.1, 0.15) is 5.69 Å². The summed E-state index contributed by atoms with van der Waals surface area (Å²) in [6.45, 7) is 9.74. The fourth-order valence-electron chi connectivity index (χ4n) is 4.16. The highest BCUT2D eigenvalue weighted by molar-refractivity contribution is 5.95. The smallest absolute Gasteiger partial charge is 0.338 e. The predicted octanol–water partition coefficient (Wildman–Crippen LogP) is 3.06. The van der Waals surface area contributed by atoms with Gasteiger partial charge in [0.15, 0.2) is 6.10 Å². The van der Waals surface area contributed by atoms with E-state index in [0.717, 1.165) is 19.3 Å². The molecule has 0 N–H and O–H groups in total. The molecule has 1 aromatic carbocycles. The molecule has 0 spiro atoms. The van der Waals surface area contributed by atoms with Gasteiger partial charge in [-0.15, -0.1) is 0 Å². The van der Waals surface area contributed by atoms with Crippen molar-refractivity contribution in [3.8, 4) is 0 Å². The lowest BCUT2D eigenvalue weighted by Gasteiger charge is -2.40. The highest BCUT2D eigenvalue weighted by Gasteiger charge is 2.33. The van der Waals surface area contributed by atoms with Gasteiger partial charge in [-0.2, -0.15) is 0 Å². The van der Waals surface area contributed by atoms with Crippen LogP contribution in [0.15, 0.2) is 23.0 Å². The largest absolute Gasteiger partial charge is 0.449 e. The summed E-state index contributed by atoms with van der Waals surface area (Å²) in [7, 11) is 0. The fourth-order valence-corrected chi connectivity index (χ4v) is 4.16. The third-order valence-corrected chi connectivity index (χ3v) is 5.74. The molecule has 0 aliphatic carbocycles. The van der Waals surface area contributed by atoms with Crippen molar-refractivity contribution < 1.29 is 14.3 Å². The summed E-state index contributed by atoms with van der Waals surface area (Å²) < 4.78 is 7.10. The molecule has 7 nitrogen and oxygen atoms in total. The van der Waals surface area contributed by atoms with Crippen LogP contribution in [0.2, 0.25) is 0 Å². The van der Waals surface area contributed by atoms with Crippen LogP contribution >= 0.6 is 0 Å². The highest BCUT2D eigenvalue weighted by atomic mass is 16.5. The number of nitrogens with zero attached hydrogens (tertiary/aromatic N) is 3. The lowest BCUT2D eigenvalue weighted by Crippen LogP contribution is -2.51. The Kier molecular flexibility index (Phi) is 6.05. The second-order valence-electron chi connectivity index (χ2n) is 7.87. The number of piperidine rings is 1. The van der Waals surface area contributed by atoms with Crippen LogP contribution < -0.4 is 5.56 Å². The van der Waals surface area contributed by atoms with Crippen LogP contribution in [0.3, 0.4) is 0 Å². The highest BCUT2D eigenvalue weighted by Crippen LogP contribution is 2.24. The maximum Gasteiger partial charge on any atom is 0.338 e. The number of aromatic nitrogens is 2. The third kappa shape index (κ3) is 4.04. The zero-order valence-corrected chi connectivity index (χ0v) is 17.8. The number of carbonyl (C=O) groups excluding carboxylic acids is 2. The Morgan fingerprint density at radius 2 is 1.90 bits per heavy atom. The number of aryl methyl sites for hydroxylation is 2. The molecule has 1 aliphatic rings. The molecule has 0 saturated carbocycles. The Bertz CT molecular complexity index is 987. The van der Waals surface area contributed by atoms with Crippen molar-refractivity contribution in [1.29, 1.82) is 0 Å². The van der Waals surface area contributed by atoms with Gasteiger partial charge in [-0.25, -0.2) is 9.78 Å². The molecule has 1 saturated heterocycles. The summed E-state index contributed by atoms with van der Waals surface area (Å²) in [6.07, 6.45) is 2.17. The van der Waals surface area contributed by atoms with E-state index in [-0.39, 0.29) is 23.6 Å². The van der Waals surface area contributed by atoms with E-state index in [1.165, 1.54) is 0 Å². The van der Waals surface area contributed by atoms with Gasteiger partial charge in [0.2, 0.25) is 0 Å². The molecule has 1 amide bonds. The van der Waals surface area contributed by atoms with Crippen LogP contribution in [-0.4, -0.2) is 44.5 Å². The minimum Gasteiger partial charge on any atom is -0.449 e. The van der Waals surface area contributed by atoms with Gasteiger partial charge in [0.05, 0.1) is 16.6 Å². The molecule has 1 fully saturated rings. The lowest BCUT2D eigenvalue weighted by molar-refractivity contribution is -0.146. The molecular formula is C22H29N3O4. The second kappa shape index (κ2) is 8.35. The number of likely N-dealkylation sites (tertiary alicyclic amines) is 1. The Morgan fingerprint density at radius 1 is 1.24 bits per heavy atom. The molecule has 1 aromatic heterocycles. The summed E-state index contributed by atoms with van der Waals surface area (Å²) in [5.41, 5.74) is 1.77. The number of benzene rings is 1. The molecule has 3 atom stereocenters. The molecule has 7 heteroatoms. The lowest BCUT2D eigenvalue weighted by atomic mass is 9.97. The van der Waals surface area contributed by atoms with E-state index in [1.54, 1.807) is 36.6 Å². The molecule has 29 heavy (non-hydrogen) atoms.